The Labute approximate surface area is 96.9 Å². The van der Waals surface area contributed by atoms with E-state index >= 15 is 0 Å². The Morgan fingerprint density at radius 1 is 1.38 bits per heavy atom. The van der Waals surface area contributed by atoms with Gasteiger partial charge in [-0.3, -0.25) is 0 Å². The highest BCUT2D eigenvalue weighted by Crippen LogP contribution is 2.37. The Bertz CT molecular complexity index is 361. The molecule has 16 heavy (non-hydrogen) atoms. The van der Waals surface area contributed by atoms with Crippen molar-refractivity contribution in [3.05, 3.63) is 23.9 Å². The molecular weight excluding hydrogens is 200 g/mol. The van der Waals surface area contributed by atoms with Gasteiger partial charge in [0.25, 0.3) is 0 Å². The molecule has 1 aromatic rings. The van der Waals surface area contributed by atoms with E-state index in [1.165, 1.54) is 5.56 Å². The number of pyridine rings is 1. The van der Waals surface area contributed by atoms with Crippen molar-refractivity contribution in [2.45, 2.75) is 44.6 Å². The van der Waals surface area contributed by atoms with Crippen LogP contribution in [0.4, 0.5) is 5.82 Å². The number of aliphatic hydroxyl groups is 1. The fourth-order valence-corrected chi connectivity index (χ4v) is 1.66. The Balaban J connectivity index is 2.08. The van der Waals surface area contributed by atoms with E-state index in [2.05, 4.69) is 37.1 Å². The van der Waals surface area contributed by atoms with E-state index < -0.39 is 0 Å². The van der Waals surface area contributed by atoms with Crippen LogP contribution in [0.3, 0.4) is 0 Å². The van der Waals surface area contributed by atoms with Crippen molar-refractivity contribution < 1.29 is 5.11 Å². The van der Waals surface area contributed by atoms with Gasteiger partial charge in [0.2, 0.25) is 0 Å². The maximum atomic E-state index is 9.21. The minimum Gasteiger partial charge on any atom is -0.394 e. The van der Waals surface area contributed by atoms with Crippen molar-refractivity contribution in [2.75, 3.05) is 11.9 Å². The first-order valence-corrected chi connectivity index (χ1v) is 5.81. The molecule has 88 valence electrons. The summed E-state index contributed by atoms with van der Waals surface area (Å²) in [6, 6.07) is 4.10. The van der Waals surface area contributed by atoms with Gasteiger partial charge in [0.1, 0.15) is 5.82 Å². The third kappa shape index (κ3) is 2.35. The summed E-state index contributed by atoms with van der Waals surface area (Å²) < 4.78 is 0. The zero-order valence-electron chi connectivity index (χ0n) is 10.2. The molecule has 0 saturated heterocycles. The molecule has 2 rings (SSSR count). The van der Waals surface area contributed by atoms with Crippen LogP contribution in [-0.4, -0.2) is 22.2 Å². The van der Waals surface area contributed by atoms with Crippen LogP contribution >= 0.6 is 0 Å². The third-order valence-electron chi connectivity index (χ3n) is 3.18. The average molecular weight is 220 g/mol. The van der Waals surface area contributed by atoms with Gasteiger partial charge in [-0.25, -0.2) is 4.98 Å². The van der Waals surface area contributed by atoms with Crippen LogP contribution in [0.2, 0.25) is 0 Å². The van der Waals surface area contributed by atoms with Gasteiger partial charge < -0.3 is 10.4 Å². The zero-order valence-corrected chi connectivity index (χ0v) is 10.2. The lowest BCUT2D eigenvalue weighted by molar-refractivity contribution is 0.266. The van der Waals surface area contributed by atoms with E-state index in [1.54, 1.807) is 0 Å². The van der Waals surface area contributed by atoms with Gasteiger partial charge in [-0.2, -0.15) is 0 Å². The molecule has 1 aliphatic carbocycles. The summed E-state index contributed by atoms with van der Waals surface area (Å²) in [5.41, 5.74) is 1.28. The Morgan fingerprint density at radius 3 is 2.44 bits per heavy atom. The van der Waals surface area contributed by atoms with Crippen molar-refractivity contribution in [2.24, 2.45) is 0 Å². The maximum Gasteiger partial charge on any atom is 0.126 e. The molecule has 0 atom stereocenters. The molecular formula is C13H20N2O. The van der Waals surface area contributed by atoms with Gasteiger partial charge in [-0.05, 0) is 29.9 Å². The maximum absolute atomic E-state index is 9.21. The summed E-state index contributed by atoms with van der Waals surface area (Å²) in [4.78, 5) is 4.40. The molecule has 3 nitrogen and oxygen atoms in total. The lowest BCUT2D eigenvalue weighted by Gasteiger charge is -2.20. The van der Waals surface area contributed by atoms with E-state index in [4.69, 9.17) is 0 Å². The number of aromatic nitrogens is 1. The summed E-state index contributed by atoms with van der Waals surface area (Å²) in [5.74, 6) is 0.861. The quantitative estimate of drug-likeness (QED) is 0.821. The summed E-state index contributed by atoms with van der Waals surface area (Å²) >= 11 is 0. The highest BCUT2D eigenvalue weighted by Gasteiger charge is 2.42. The van der Waals surface area contributed by atoms with Crippen molar-refractivity contribution in [1.29, 1.82) is 0 Å². The standard InChI is InChI=1S/C13H20N2O/c1-12(2,3)10-4-5-11(14-8-10)15-13(9-16)6-7-13/h4-5,8,16H,6-7,9H2,1-3H3,(H,14,15). The second-order valence-corrected chi connectivity index (χ2v) is 5.75. The van der Waals surface area contributed by atoms with Crippen LogP contribution in [0.15, 0.2) is 18.3 Å². The van der Waals surface area contributed by atoms with E-state index in [-0.39, 0.29) is 17.6 Å². The predicted molar refractivity (Wildman–Crippen MR) is 65.6 cm³/mol. The summed E-state index contributed by atoms with van der Waals surface area (Å²) in [6.45, 7) is 6.71. The summed E-state index contributed by atoms with van der Waals surface area (Å²) in [5, 5.41) is 12.5. The lowest BCUT2D eigenvalue weighted by atomic mass is 9.88. The fourth-order valence-electron chi connectivity index (χ4n) is 1.66. The molecule has 1 fully saturated rings. The summed E-state index contributed by atoms with van der Waals surface area (Å²) in [7, 11) is 0. The molecule has 3 heteroatoms. The zero-order chi connectivity index (χ0) is 11.8. The number of anilines is 1. The minimum atomic E-state index is -0.0871. The van der Waals surface area contributed by atoms with Crippen molar-refractivity contribution in [1.82, 2.24) is 4.98 Å². The molecule has 1 heterocycles. The summed E-state index contributed by atoms with van der Waals surface area (Å²) in [6.07, 6.45) is 3.98. The van der Waals surface area contributed by atoms with Crippen LogP contribution in [0.25, 0.3) is 0 Å². The van der Waals surface area contributed by atoms with Gasteiger partial charge in [0, 0.05) is 6.20 Å². The third-order valence-corrected chi connectivity index (χ3v) is 3.18. The molecule has 1 aliphatic rings. The SMILES string of the molecule is CC(C)(C)c1ccc(NC2(CO)CC2)nc1. The smallest absolute Gasteiger partial charge is 0.126 e. The number of rotatable bonds is 3. The van der Waals surface area contributed by atoms with Gasteiger partial charge in [-0.1, -0.05) is 26.8 Å². The van der Waals surface area contributed by atoms with Crippen LogP contribution in [0.5, 0.6) is 0 Å². The van der Waals surface area contributed by atoms with Gasteiger partial charge in [0.05, 0.1) is 12.1 Å². The van der Waals surface area contributed by atoms with E-state index in [0.717, 1.165) is 18.7 Å². The highest BCUT2D eigenvalue weighted by atomic mass is 16.3. The topological polar surface area (TPSA) is 45.1 Å². The van der Waals surface area contributed by atoms with Crippen LogP contribution in [0, 0.1) is 0 Å². The molecule has 2 N–H and O–H groups in total. The van der Waals surface area contributed by atoms with E-state index in [9.17, 15) is 5.11 Å². The largest absolute Gasteiger partial charge is 0.394 e. The van der Waals surface area contributed by atoms with Gasteiger partial charge >= 0.3 is 0 Å². The average Bonchev–Trinajstić information content (AvgIpc) is 2.98. The molecule has 0 aliphatic heterocycles. The van der Waals surface area contributed by atoms with Gasteiger partial charge in [0.15, 0.2) is 0 Å². The molecule has 1 aromatic heterocycles. The minimum absolute atomic E-state index is 0.0871. The molecule has 0 spiro atoms. The first-order chi connectivity index (χ1) is 7.45. The monoisotopic (exact) mass is 220 g/mol. The highest BCUT2D eigenvalue weighted by molar-refractivity contribution is 5.42. The lowest BCUT2D eigenvalue weighted by Crippen LogP contribution is -2.26. The Morgan fingerprint density at radius 2 is 2.06 bits per heavy atom. The first kappa shape index (κ1) is 11.4. The molecule has 0 amide bonds. The van der Waals surface area contributed by atoms with Crippen molar-refractivity contribution in [3.63, 3.8) is 0 Å². The van der Waals surface area contributed by atoms with E-state index in [0.29, 0.717) is 0 Å². The van der Waals surface area contributed by atoms with Crippen LogP contribution in [0.1, 0.15) is 39.2 Å². The second kappa shape index (κ2) is 3.74. The van der Waals surface area contributed by atoms with Crippen molar-refractivity contribution in [3.8, 4) is 0 Å². The van der Waals surface area contributed by atoms with Crippen molar-refractivity contribution >= 4 is 5.82 Å². The molecule has 0 aromatic carbocycles. The van der Waals surface area contributed by atoms with Gasteiger partial charge in [-0.15, -0.1) is 0 Å². The first-order valence-electron chi connectivity index (χ1n) is 5.81. The fraction of sp³-hybridized carbons (Fsp3) is 0.615. The van der Waals surface area contributed by atoms with Crippen LogP contribution < -0.4 is 5.32 Å². The number of aliphatic hydroxyl groups excluding tert-OH is 1. The number of hydrogen-bond donors (Lipinski definition) is 2. The Kier molecular flexibility index (Phi) is 2.66. The number of nitrogens with one attached hydrogen (secondary N) is 1. The number of nitrogens with zero attached hydrogens (tertiary/aromatic N) is 1. The predicted octanol–water partition coefficient (Wildman–Crippen LogP) is 2.32. The normalized spacial score (nSPS) is 18.2. The Hall–Kier alpha value is -1.09. The molecule has 1 saturated carbocycles. The second-order valence-electron chi connectivity index (χ2n) is 5.75. The molecule has 0 bridgehead atoms. The van der Waals surface area contributed by atoms with Crippen LogP contribution in [-0.2, 0) is 5.41 Å². The molecule has 0 unspecified atom stereocenters. The number of hydrogen-bond acceptors (Lipinski definition) is 3. The van der Waals surface area contributed by atoms with E-state index in [1.807, 2.05) is 12.3 Å². The molecule has 0 radical (unpaired) electrons.